The third-order valence-corrected chi connectivity index (χ3v) is 4.87. The van der Waals surface area contributed by atoms with Crippen LogP contribution in [0.4, 0.5) is 18.9 Å². The van der Waals surface area contributed by atoms with Crippen LogP contribution in [0.1, 0.15) is 20.7 Å². The Balaban J connectivity index is 1.69. The molecule has 0 saturated heterocycles. The Kier molecular flexibility index (Phi) is 5.22. The van der Waals surface area contributed by atoms with Gasteiger partial charge in [0, 0.05) is 4.90 Å². The number of nitrogens with zero attached hydrogens (tertiary/aromatic N) is 1. The number of anilines is 1. The number of para-hydroxylation sites is 1. The molecule has 0 aliphatic carbocycles. The molecular weight excluding hydrogens is 381 g/mol. The first kappa shape index (κ1) is 19.0. The molecule has 3 rings (SSSR count). The highest BCUT2D eigenvalue weighted by molar-refractivity contribution is 7.99. The van der Waals surface area contributed by atoms with Gasteiger partial charge in [-0.2, -0.15) is 13.2 Å². The number of carbonyl (C=O) groups excluding carboxylic acids is 3. The summed E-state index contributed by atoms with van der Waals surface area (Å²) in [6, 6.07) is 12.2. The second kappa shape index (κ2) is 7.43. The molecule has 2 aromatic carbocycles. The van der Waals surface area contributed by atoms with Gasteiger partial charge in [-0.05, 0) is 24.3 Å². The largest absolute Gasteiger partial charge is 0.398 e. The molecule has 2 aromatic rings. The van der Waals surface area contributed by atoms with Crippen LogP contribution in [-0.2, 0) is 4.79 Å². The number of amides is 3. The van der Waals surface area contributed by atoms with Gasteiger partial charge in [-0.25, -0.2) is 0 Å². The van der Waals surface area contributed by atoms with Crippen LogP contribution >= 0.6 is 11.8 Å². The van der Waals surface area contributed by atoms with Gasteiger partial charge in [0.05, 0.1) is 22.6 Å². The highest BCUT2D eigenvalue weighted by Crippen LogP contribution is 2.32. The quantitative estimate of drug-likeness (QED) is 0.622. The van der Waals surface area contributed by atoms with Gasteiger partial charge in [0.15, 0.2) is 0 Å². The van der Waals surface area contributed by atoms with Crippen LogP contribution < -0.4 is 5.32 Å². The highest BCUT2D eigenvalue weighted by Gasteiger charge is 2.36. The number of fused-ring (bicyclic) bond motifs is 1. The third kappa shape index (κ3) is 4.30. The zero-order valence-corrected chi connectivity index (χ0v) is 14.6. The molecule has 9 heteroatoms. The van der Waals surface area contributed by atoms with Gasteiger partial charge in [-0.15, -0.1) is 11.8 Å². The summed E-state index contributed by atoms with van der Waals surface area (Å²) >= 11 is 0.542. The number of hydrogen-bond acceptors (Lipinski definition) is 4. The smallest absolute Gasteiger partial charge is 0.324 e. The molecule has 1 aliphatic heterocycles. The summed E-state index contributed by atoms with van der Waals surface area (Å²) in [5.74, 6) is -2.93. The van der Waals surface area contributed by atoms with Crippen LogP contribution in [0.5, 0.6) is 0 Å². The zero-order valence-electron chi connectivity index (χ0n) is 13.7. The van der Waals surface area contributed by atoms with Gasteiger partial charge < -0.3 is 5.32 Å². The zero-order chi connectivity index (χ0) is 19.6. The summed E-state index contributed by atoms with van der Waals surface area (Å²) in [5.41, 5.74) is 0.626. The van der Waals surface area contributed by atoms with E-state index in [2.05, 4.69) is 5.32 Å². The second-order valence-electron chi connectivity index (χ2n) is 5.69. The van der Waals surface area contributed by atoms with Crippen molar-refractivity contribution >= 4 is 35.2 Å². The number of imide groups is 1. The van der Waals surface area contributed by atoms with Crippen LogP contribution in [0.2, 0.25) is 0 Å². The summed E-state index contributed by atoms with van der Waals surface area (Å²) < 4.78 is 37.3. The minimum atomic E-state index is -4.35. The summed E-state index contributed by atoms with van der Waals surface area (Å²) in [5, 5.41) is 2.47. The first-order valence-electron chi connectivity index (χ1n) is 7.80. The van der Waals surface area contributed by atoms with Crippen molar-refractivity contribution in [1.82, 2.24) is 4.90 Å². The molecule has 1 N–H and O–H groups in total. The number of halogens is 3. The van der Waals surface area contributed by atoms with Gasteiger partial charge in [-0.1, -0.05) is 24.3 Å². The molecule has 0 aromatic heterocycles. The average Bonchev–Trinajstić information content (AvgIpc) is 2.86. The summed E-state index contributed by atoms with van der Waals surface area (Å²) in [7, 11) is 0. The maximum absolute atomic E-state index is 12.4. The number of alkyl halides is 3. The molecule has 0 bridgehead atoms. The predicted molar refractivity (Wildman–Crippen MR) is 93.7 cm³/mol. The van der Waals surface area contributed by atoms with Crippen molar-refractivity contribution in [3.05, 3.63) is 59.7 Å². The van der Waals surface area contributed by atoms with Crippen molar-refractivity contribution < 1.29 is 27.6 Å². The molecule has 5 nitrogen and oxygen atoms in total. The topological polar surface area (TPSA) is 66.5 Å². The Morgan fingerprint density at radius 2 is 1.52 bits per heavy atom. The van der Waals surface area contributed by atoms with E-state index in [1.165, 1.54) is 24.3 Å². The fraction of sp³-hybridized carbons (Fsp3) is 0.167. The molecule has 0 fully saturated rings. The Hall–Kier alpha value is -2.81. The summed E-state index contributed by atoms with van der Waals surface area (Å²) in [4.78, 5) is 37.9. The maximum Gasteiger partial charge on any atom is 0.398 e. The molecule has 0 unspecified atom stereocenters. The fourth-order valence-electron chi connectivity index (χ4n) is 2.57. The van der Waals surface area contributed by atoms with Gasteiger partial charge >= 0.3 is 6.18 Å². The van der Waals surface area contributed by atoms with E-state index in [0.29, 0.717) is 11.8 Å². The molecule has 0 saturated carbocycles. The SMILES string of the molecule is O=C(CN1C(=O)c2ccccc2C1=O)Nc1ccccc1SCC(F)(F)F. The maximum atomic E-state index is 12.4. The number of carbonyl (C=O) groups is 3. The standard InChI is InChI=1S/C18H13F3N2O3S/c19-18(20,21)10-27-14-8-4-3-7-13(14)22-15(24)9-23-16(25)11-5-1-2-6-12(11)17(23)26/h1-8H,9-10H2,(H,22,24). The average molecular weight is 394 g/mol. The summed E-state index contributed by atoms with van der Waals surface area (Å²) in [6.07, 6.45) is -4.35. The monoisotopic (exact) mass is 394 g/mol. The van der Waals surface area contributed by atoms with Crippen LogP contribution in [0, 0.1) is 0 Å². The van der Waals surface area contributed by atoms with Crippen LogP contribution in [0.25, 0.3) is 0 Å². The van der Waals surface area contributed by atoms with Crippen molar-refractivity contribution in [3.8, 4) is 0 Å². The van der Waals surface area contributed by atoms with Crippen molar-refractivity contribution in [2.75, 3.05) is 17.6 Å². The van der Waals surface area contributed by atoms with Crippen molar-refractivity contribution in [2.45, 2.75) is 11.1 Å². The van der Waals surface area contributed by atoms with E-state index < -0.39 is 36.2 Å². The number of hydrogen-bond donors (Lipinski definition) is 1. The van der Waals surface area contributed by atoms with Crippen molar-refractivity contribution in [2.24, 2.45) is 0 Å². The Bertz CT molecular complexity index is 880. The van der Waals surface area contributed by atoms with Gasteiger partial charge in [-0.3, -0.25) is 19.3 Å². The Morgan fingerprint density at radius 3 is 2.11 bits per heavy atom. The summed E-state index contributed by atoms with van der Waals surface area (Å²) in [6.45, 7) is -0.523. The number of nitrogens with one attached hydrogen (secondary N) is 1. The lowest BCUT2D eigenvalue weighted by molar-refractivity contribution is -0.116. The molecule has 3 amide bonds. The van der Waals surface area contributed by atoms with E-state index in [-0.39, 0.29) is 21.7 Å². The molecule has 0 radical (unpaired) electrons. The van der Waals surface area contributed by atoms with E-state index in [1.54, 1.807) is 24.3 Å². The van der Waals surface area contributed by atoms with E-state index >= 15 is 0 Å². The third-order valence-electron chi connectivity index (χ3n) is 3.73. The molecule has 1 heterocycles. The Morgan fingerprint density at radius 1 is 0.963 bits per heavy atom. The molecular formula is C18H13F3N2O3S. The second-order valence-corrected chi connectivity index (χ2v) is 6.71. The molecule has 1 aliphatic rings. The lowest BCUT2D eigenvalue weighted by Crippen LogP contribution is -2.37. The minimum absolute atomic E-state index is 0.188. The highest BCUT2D eigenvalue weighted by atomic mass is 32.2. The van der Waals surface area contributed by atoms with Crippen LogP contribution in [0.15, 0.2) is 53.4 Å². The molecule has 27 heavy (non-hydrogen) atoms. The van der Waals surface area contributed by atoms with Gasteiger partial charge in [0.1, 0.15) is 6.54 Å². The molecule has 140 valence electrons. The van der Waals surface area contributed by atoms with E-state index in [9.17, 15) is 27.6 Å². The molecule has 0 spiro atoms. The van der Waals surface area contributed by atoms with E-state index in [1.807, 2.05) is 0 Å². The molecule has 0 atom stereocenters. The van der Waals surface area contributed by atoms with E-state index in [4.69, 9.17) is 0 Å². The minimum Gasteiger partial charge on any atom is -0.324 e. The Labute approximate surface area is 156 Å². The lowest BCUT2D eigenvalue weighted by Gasteiger charge is -2.15. The van der Waals surface area contributed by atoms with E-state index in [0.717, 1.165) is 4.90 Å². The first-order valence-corrected chi connectivity index (χ1v) is 8.78. The number of rotatable bonds is 5. The van der Waals surface area contributed by atoms with Crippen LogP contribution in [-0.4, -0.2) is 41.1 Å². The first-order chi connectivity index (χ1) is 12.8. The van der Waals surface area contributed by atoms with Crippen molar-refractivity contribution in [1.29, 1.82) is 0 Å². The van der Waals surface area contributed by atoms with Crippen molar-refractivity contribution in [3.63, 3.8) is 0 Å². The van der Waals surface area contributed by atoms with Crippen LogP contribution in [0.3, 0.4) is 0 Å². The fourth-order valence-corrected chi connectivity index (χ4v) is 3.34. The van der Waals surface area contributed by atoms with Gasteiger partial charge in [0.2, 0.25) is 5.91 Å². The number of benzene rings is 2. The van der Waals surface area contributed by atoms with Gasteiger partial charge in [0.25, 0.3) is 11.8 Å². The predicted octanol–water partition coefficient (Wildman–Crippen LogP) is 3.58. The normalized spacial score (nSPS) is 13.7. The lowest BCUT2D eigenvalue weighted by atomic mass is 10.1. The number of thioether (sulfide) groups is 1.